The number of methoxy groups -OCH3 is 2. The lowest BCUT2D eigenvalue weighted by Gasteiger charge is -2.24. The fraction of sp³-hybridized carbons (Fsp3) is 0.444. The number of aromatic hydroxyl groups is 1. The number of hydrogen-bond donors (Lipinski definition) is 1. The van der Waals surface area contributed by atoms with Crippen molar-refractivity contribution in [3.8, 4) is 28.5 Å². The van der Waals surface area contributed by atoms with Gasteiger partial charge in [0, 0.05) is 18.0 Å². The maximum Gasteiger partial charge on any atom is 0.410 e. The van der Waals surface area contributed by atoms with E-state index in [-0.39, 0.29) is 5.75 Å². The van der Waals surface area contributed by atoms with Crippen LogP contribution in [0.2, 0.25) is 0 Å². The molecule has 0 unspecified atom stereocenters. The van der Waals surface area contributed by atoms with E-state index in [2.05, 4.69) is 4.98 Å². The summed E-state index contributed by atoms with van der Waals surface area (Å²) >= 11 is 1.43. The zero-order chi connectivity index (χ0) is 19.5. The molecule has 0 aliphatic carbocycles. The van der Waals surface area contributed by atoms with E-state index in [0.717, 1.165) is 10.6 Å². The van der Waals surface area contributed by atoms with Crippen molar-refractivity contribution in [2.45, 2.75) is 32.9 Å². The average Bonchev–Trinajstić information content (AvgIpc) is 3.02. The number of ether oxygens (including phenoxy) is 3. The Morgan fingerprint density at radius 1 is 1.23 bits per heavy atom. The second-order valence-electron chi connectivity index (χ2n) is 6.69. The van der Waals surface area contributed by atoms with Crippen molar-refractivity contribution in [2.75, 3.05) is 21.3 Å². The van der Waals surface area contributed by atoms with Gasteiger partial charge in [-0.05, 0) is 32.9 Å². The van der Waals surface area contributed by atoms with Gasteiger partial charge in [0.05, 0.1) is 26.5 Å². The molecule has 0 spiro atoms. The van der Waals surface area contributed by atoms with Crippen molar-refractivity contribution in [3.05, 3.63) is 22.5 Å². The van der Waals surface area contributed by atoms with E-state index in [1.54, 1.807) is 19.2 Å². The summed E-state index contributed by atoms with van der Waals surface area (Å²) in [6.07, 6.45) is -0.401. The third-order valence-electron chi connectivity index (χ3n) is 3.40. The van der Waals surface area contributed by atoms with Gasteiger partial charge in [0.1, 0.15) is 10.6 Å². The summed E-state index contributed by atoms with van der Waals surface area (Å²) in [4.78, 5) is 18.1. The Kier molecular flexibility index (Phi) is 5.97. The predicted octanol–water partition coefficient (Wildman–Crippen LogP) is 3.90. The van der Waals surface area contributed by atoms with Gasteiger partial charge in [0.2, 0.25) is 5.75 Å². The maximum absolute atomic E-state index is 12.1. The molecule has 7 nitrogen and oxygen atoms in total. The van der Waals surface area contributed by atoms with Gasteiger partial charge in [0.15, 0.2) is 11.5 Å². The summed E-state index contributed by atoms with van der Waals surface area (Å²) in [6.45, 7) is 5.81. The molecule has 1 heterocycles. The molecule has 1 aromatic heterocycles. The maximum atomic E-state index is 12.1. The zero-order valence-electron chi connectivity index (χ0n) is 15.8. The first-order chi connectivity index (χ1) is 12.1. The van der Waals surface area contributed by atoms with E-state index in [0.29, 0.717) is 23.7 Å². The van der Waals surface area contributed by atoms with Crippen LogP contribution < -0.4 is 9.47 Å². The molecule has 0 bridgehead atoms. The molecule has 1 aromatic carbocycles. The first kappa shape index (κ1) is 19.8. The van der Waals surface area contributed by atoms with Crippen molar-refractivity contribution in [2.24, 2.45) is 0 Å². The molecule has 0 radical (unpaired) electrons. The zero-order valence-corrected chi connectivity index (χ0v) is 16.6. The number of aromatic nitrogens is 1. The van der Waals surface area contributed by atoms with E-state index in [9.17, 15) is 9.90 Å². The van der Waals surface area contributed by atoms with Crippen LogP contribution in [0, 0.1) is 0 Å². The highest BCUT2D eigenvalue weighted by Gasteiger charge is 2.21. The number of phenolic OH excluding ortho intramolecular Hbond substituents is 1. The summed E-state index contributed by atoms with van der Waals surface area (Å²) < 4.78 is 15.7. The van der Waals surface area contributed by atoms with Gasteiger partial charge in [-0.1, -0.05) is 0 Å². The quantitative estimate of drug-likeness (QED) is 0.847. The van der Waals surface area contributed by atoms with E-state index in [1.807, 2.05) is 26.2 Å². The summed E-state index contributed by atoms with van der Waals surface area (Å²) in [5.41, 5.74) is 0.913. The second kappa shape index (κ2) is 7.82. The highest BCUT2D eigenvalue weighted by Crippen LogP contribution is 2.40. The Hall–Kier alpha value is -2.48. The highest BCUT2D eigenvalue weighted by molar-refractivity contribution is 7.09. The minimum Gasteiger partial charge on any atom is -0.502 e. The minimum absolute atomic E-state index is 0.0566. The van der Waals surface area contributed by atoms with Crippen LogP contribution >= 0.6 is 11.3 Å². The van der Waals surface area contributed by atoms with Crippen molar-refractivity contribution in [3.63, 3.8) is 0 Å². The number of benzene rings is 1. The number of amides is 1. The molecular weight excluding hydrogens is 356 g/mol. The molecule has 0 aliphatic rings. The Balaban J connectivity index is 2.19. The Labute approximate surface area is 157 Å². The average molecular weight is 380 g/mol. The largest absolute Gasteiger partial charge is 0.502 e. The third kappa shape index (κ3) is 4.78. The number of thiazole rings is 1. The van der Waals surface area contributed by atoms with Crippen molar-refractivity contribution in [1.29, 1.82) is 0 Å². The molecule has 0 saturated heterocycles. The number of hydrogen-bond acceptors (Lipinski definition) is 7. The molecule has 0 atom stereocenters. The number of rotatable bonds is 5. The topological polar surface area (TPSA) is 81.1 Å². The van der Waals surface area contributed by atoms with Crippen LogP contribution in [0.25, 0.3) is 11.3 Å². The van der Waals surface area contributed by atoms with Crippen LogP contribution in [-0.4, -0.2) is 48.0 Å². The van der Waals surface area contributed by atoms with E-state index < -0.39 is 11.7 Å². The van der Waals surface area contributed by atoms with Crippen LogP contribution in [0.4, 0.5) is 4.79 Å². The first-order valence-electron chi connectivity index (χ1n) is 7.98. The molecular formula is C18H24N2O5S. The Morgan fingerprint density at radius 3 is 2.31 bits per heavy atom. The minimum atomic E-state index is -0.543. The van der Waals surface area contributed by atoms with Gasteiger partial charge in [0.25, 0.3) is 0 Å². The number of nitrogens with zero attached hydrogens (tertiary/aromatic N) is 2. The first-order valence-corrected chi connectivity index (χ1v) is 8.86. The molecule has 1 N–H and O–H groups in total. The summed E-state index contributed by atoms with van der Waals surface area (Å²) in [6, 6.07) is 3.38. The molecule has 0 saturated carbocycles. The fourth-order valence-electron chi connectivity index (χ4n) is 2.16. The highest BCUT2D eigenvalue weighted by atomic mass is 32.1. The summed E-state index contributed by atoms with van der Waals surface area (Å²) in [7, 11) is 4.61. The lowest BCUT2D eigenvalue weighted by molar-refractivity contribution is 0.0285. The lowest BCUT2D eigenvalue weighted by atomic mass is 10.1. The summed E-state index contributed by atoms with van der Waals surface area (Å²) in [5.74, 6) is 0.554. The fourth-order valence-corrected chi connectivity index (χ4v) is 3.02. The standard InChI is InChI=1S/C18H24N2O5S/c1-18(2,3)25-17(22)20(4)9-15-19-12(10-26-15)11-7-13(23-5)16(21)14(8-11)24-6/h7-8,10,21H,9H2,1-6H3. The van der Waals surface area contributed by atoms with Crippen LogP contribution in [0.5, 0.6) is 17.2 Å². The smallest absolute Gasteiger partial charge is 0.410 e. The Bertz CT molecular complexity index is 757. The van der Waals surface area contributed by atoms with Gasteiger partial charge >= 0.3 is 6.09 Å². The van der Waals surface area contributed by atoms with Gasteiger partial charge in [-0.3, -0.25) is 0 Å². The predicted molar refractivity (Wildman–Crippen MR) is 100 cm³/mol. The monoisotopic (exact) mass is 380 g/mol. The second-order valence-corrected chi connectivity index (χ2v) is 7.63. The molecule has 2 rings (SSSR count). The third-order valence-corrected chi connectivity index (χ3v) is 4.24. The molecule has 8 heteroatoms. The van der Waals surface area contributed by atoms with Gasteiger partial charge in [-0.2, -0.15) is 0 Å². The Morgan fingerprint density at radius 2 is 1.81 bits per heavy atom. The normalized spacial score (nSPS) is 11.2. The van der Waals surface area contributed by atoms with E-state index in [1.165, 1.54) is 30.5 Å². The van der Waals surface area contributed by atoms with Gasteiger partial charge in [-0.25, -0.2) is 9.78 Å². The molecule has 26 heavy (non-hydrogen) atoms. The molecule has 2 aromatic rings. The molecule has 142 valence electrons. The lowest BCUT2D eigenvalue weighted by Crippen LogP contribution is -2.33. The molecule has 0 aliphatic heterocycles. The van der Waals surface area contributed by atoms with Crippen LogP contribution in [0.3, 0.4) is 0 Å². The van der Waals surface area contributed by atoms with E-state index in [4.69, 9.17) is 14.2 Å². The van der Waals surface area contributed by atoms with Crippen LogP contribution in [-0.2, 0) is 11.3 Å². The van der Waals surface area contributed by atoms with Gasteiger partial charge in [-0.15, -0.1) is 11.3 Å². The van der Waals surface area contributed by atoms with Crippen LogP contribution in [0.1, 0.15) is 25.8 Å². The van der Waals surface area contributed by atoms with Crippen molar-refractivity contribution in [1.82, 2.24) is 9.88 Å². The van der Waals surface area contributed by atoms with Crippen LogP contribution in [0.15, 0.2) is 17.5 Å². The van der Waals surface area contributed by atoms with Crippen molar-refractivity contribution >= 4 is 17.4 Å². The summed E-state index contributed by atoms with van der Waals surface area (Å²) in [5, 5.41) is 12.7. The number of phenols is 1. The van der Waals surface area contributed by atoms with Gasteiger partial charge < -0.3 is 24.2 Å². The SMILES string of the molecule is COc1cc(-c2csc(CN(C)C(=O)OC(C)(C)C)n2)cc(OC)c1O. The molecule has 0 fully saturated rings. The van der Waals surface area contributed by atoms with E-state index >= 15 is 0 Å². The number of carbonyl (C=O) groups is 1. The molecule has 1 amide bonds. The number of carbonyl (C=O) groups excluding carboxylic acids is 1. The van der Waals surface area contributed by atoms with Crippen molar-refractivity contribution < 1.29 is 24.1 Å².